The fraction of sp³-hybridized carbons (Fsp3) is 0.462. The normalized spacial score (nSPS) is 20.0. The molecule has 1 fully saturated rings. The van der Waals surface area contributed by atoms with Gasteiger partial charge in [-0.05, 0) is 46.8 Å². The summed E-state index contributed by atoms with van der Waals surface area (Å²) in [5.74, 6) is -1.35. The van der Waals surface area contributed by atoms with E-state index in [0.29, 0.717) is 19.0 Å². The molecule has 18 heavy (non-hydrogen) atoms. The molecule has 98 valence electrons. The minimum atomic E-state index is -0.688. The highest BCUT2D eigenvalue weighted by atomic mass is 79.9. The highest BCUT2D eigenvalue weighted by Gasteiger charge is 2.27. The van der Waals surface area contributed by atoms with Crippen LogP contribution in [0.5, 0.6) is 0 Å². The summed E-state index contributed by atoms with van der Waals surface area (Å²) in [6, 6.07) is 2.00. The first-order valence-corrected chi connectivity index (χ1v) is 6.72. The summed E-state index contributed by atoms with van der Waals surface area (Å²) in [6.07, 6.45) is 1.97. The Hall–Kier alpha value is -0.970. The molecule has 5 heteroatoms. The van der Waals surface area contributed by atoms with Crippen LogP contribution >= 0.6 is 15.9 Å². The van der Waals surface area contributed by atoms with Crippen molar-refractivity contribution in [2.45, 2.75) is 19.8 Å². The van der Waals surface area contributed by atoms with E-state index in [1.54, 1.807) is 4.90 Å². The van der Waals surface area contributed by atoms with Crippen LogP contribution in [0.15, 0.2) is 16.6 Å². The highest BCUT2D eigenvalue weighted by molar-refractivity contribution is 9.10. The van der Waals surface area contributed by atoms with Crippen LogP contribution in [0.2, 0.25) is 0 Å². The van der Waals surface area contributed by atoms with Gasteiger partial charge in [-0.2, -0.15) is 0 Å². The van der Waals surface area contributed by atoms with E-state index in [1.165, 1.54) is 0 Å². The number of benzene rings is 1. The lowest BCUT2D eigenvalue weighted by molar-refractivity contribution is 0.0676. The lowest BCUT2D eigenvalue weighted by Gasteiger charge is -2.31. The van der Waals surface area contributed by atoms with Gasteiger partial charge in [-0.15, -0.1) is 0 Å². The zero-order valence-corrected chi connectivity index (χ0v) is 11.6. The number of hydrogen-bond donors (Lipinski definition) is 0. The Labute approximate surface area is 113 Å². The van der Waals surface area contributed by atoms with Crippen molar-refractivity contribution in [3.63, 3.8) is 0 Å². The molecule has 1 heterocycles. The van der Waals surface area contributed by atoms with Crippen LogP contribution in [0.4, 0.5) is 8.78 Å². The summed E-state index contributed by atoms with van der Waals surface area (Å²) >= 11 is 2.95. The monoisotopic (exact) mass is 317 g/mol. The minimum absolute atomic E-state index is 0.0919. The summed E-state index contributed by atoms with van der Waals surface area (Å²) in [5, 5.41) is 0. The van der Waals surface area contributed by atoms with Crippen LogP contribution in [-0.4, -0.2) is 23.9 Å². The molecule has 1 aliphatic rings. The zero-order valence-electron chi connectivity index (χ0n) is 10.0. The third-order valence-corrected chi connectivity index (χ3v) is 3.98. The molecule has 0 saturated carbocycles. The van der Waals surface area contributed by atoms with E-state index in [4.69, 9.17) is 0 Å². The molecule has 2 nitrogen and oxygen atoms in total. The van der Waals surface area contributed by atoms with Gasteiger partial charge < -0.3 is 4.90 Å². The number of amides is 1. The third kappa shape index (κ3) is 2.55. The Bertz CT molecular complexity index is 478. The number of piperidine rings is 1. The van der Waals surface area contributed by atoms with Gasteiger partial charge in [-0.1, -0.05) is 6.92 Å². The van der Waals surface area contributed by atoms with E-state index in [2.05, 4.69) is 22.9 Å². The van der Waals surface area contributed by atoms with Crippen LogP contribution in [-0.2, 0) is 0 Å². The molecule has 0 radical (unpaired) electrons. The topological polar surface area (TPSA) is 20.3 Å². The van der Waals surface area contributed by atoms with E-state index in [1.807, 2.05) is 0 Å². The second-order valence-corrected chi connectivity index (χ2v) is 5.51. The van der Waals surface area contributed by atoms with E-state index < -0.39 is 17.5 Å². The van der Waals surface area contributed by atoms with E-state index >= 15 is 0 Å². The Kier molecular flexibility index (Phi) is 4.00. The number of likely N-dealkylation sites (tertiary alicyclic amines) is 1. The summed E-state index contributed by atoms with van der Waals surface area (Å²) in [7, 11) is 0. The highest BCUT2D eigenvalue weighted by Crippen LogP contribution is 2.26. The first-order chi connectivity index (χ1) is 8.50. The van der Waals surface area contributed by atoms with Crippen molar-refractivity contribution in [3.05, 3.63) is 33.8 Å². The van der Waals surface area contributed by atoms with Gasteiger partial charge >= 0.3 is 0 Å². The number of nitrogens with zero attached hydrogens (tertiary/aromatic N) is 1. The molecule has 2 rings (SSSR count). The maximum atomic E-state index is 13.7. The van der Waals surface area contributed by atoms with Crippen LogP contribution in [0, 0.1) is 17.6 Å². The molecule has 0 aromatic heterocycles. The standard InChI is InChI=1S/C13H14BrF2NO/c1-8-3-2-6-17(7-8)13(18)11-9(15)4-5-10(16)12(11)14/h4-5,8H,2-3,6-7H2,1H3. The molecule has 1 saturated heterocycles. The third-order valence-electron chi connectivity index (χ3n) is 3.20. The fourth-order valence-corrected chi connectivity index (χ4v) is 2.75. The summed E-state index contributed by atoms with van der Waals surface area (Å²) in [5.41, 5.74) is -0.205. The second kappa shape index (κ2) is 5.34. The van der Waals surface area contributed by atoms with Gasteiger partial charge in [-0.25, -0.2) is 8.78 Å². The Morgan fingerprint density at radius 2 is 2.06 bits per heavy atom. The molecular formula is C13H14BrF2NO. The molecule has 0 aliphatic carbocycles. The molecule has 0 spiro atoms. The maximum absolute atomic E-state index is 13.7. The number of rotatable bonds is 1. The molecule has 1 aromatic rings. The molecule has 1 atom stereocenters. The average Bonchev–Trinajstić information content (AvgIpc) is 2.34. The van der Waals surface area contributed by atoms with Gasteiger partial charge in [0.1, 0.15) is 11.6 Å². The Balaban J connectivity index is 2.31. The SMILES string of the molecule is CC1CCCN(C(=O)c2c(F)ccc(F)c2Br)C1. The van der Waals surface area contributed by atoms with Crippen molar-refractivity contribution < 1.29 is 13.6 Å². The largest absolute Gasteiger partial charge is 0.338 e. The van der Waals surface area contributed by atoms with Crippen LogP contribution in [0.3, 0.4) is 0 Å². The predicted molar refractivity (Wildman–Crippen MR) is 68.4 cm³/mol. The average molecular weight is 318 g/mol. The van der Waals surface area contributed by atoms with Crippen molar-refractivity contribution in [1.82, 2.24) is 4.90 Å². The minimum Gasteiger partial charge on any atom is -0.338 e. The Morgan fingerprint density at radius 3 is 2.72 bits per heavy atom. The van der Waals surface area contributed by atoms with Gasteiger partial charge in [0.25, 0.3) is 5.91 Å². The number of carbonyl (C=O) groups is 1. The lowest BCUT2D eigenvalue weighted by Crippen LogP contribution is -2.39. The first kappa shape index (κ1) is 13.5. The van der Waals surface area contributed by atoms with Gasteiger partial charge in [0.2, 0.25) is 0 Å². The summed E-state index contributed by atoms with van der Waals surface area (Å²) in [6.45, 7) is 3.25. The quantitative estimate of drug-likeness (QED) is 0.725. The summed E-state index contributed by atoms with van der Waals surface area (Å²) < 4.78 is 27.0. The van der Waals surface area contributed by atoms with Crippen LogP contribution < -0.4 is 0 Å². The maximum Gasteiger partial charge on any atom is 0.258 e. The van der Waals surface area contributed by atoms with E-state index in [9.17, 15) is 13.6 Å². The van der Waals surface area contributed by atoms with Gasteiger partial charge in [-0.3, -0.25) is 4.79 Å². The molecule has 1 amide bonds. The molecule has 1 unspecified atom stereocenters. The van der Waals surface area contributed by atoms with Crippen molar-refractivity contribution in [1.29, 1.82) is 0 Å². The first-order valence-electron chi connectivity index (χ1n) is 5.93. The summed E-state index contributed by atoms with van der Waals surface area (Å²) in [4.78, 5) is 13.8. The van der Waals surface area contributed by atoms with Crippen LogP contribution in [0.25, 0.3) is 0 Å². The number of carbonyl (C=O) groups excluding carboxylic acids is 1. The van der Waals surface area contributed by atoms with Gasteiger partial charge in [0.05, 0.1) is 10.0 Å². The van der Waals surface area contributed by atoms with Crippen molar-refractivity contribution >= 4 is 21.8 Å². The van der Waals surface area contributed by atoms with E-state index in [0.717, 1.165) is 25.0 Å². The smallest absolute Gasteiger partial charge is 0.258 e. The number of hydrogen-bond acceptors (Lipinski definition) is 1. The molecule has 0 N–H and O–H groups in total. The van der Waals surface area contributed by atoms with Crippen LogP contribution in [0.1, 0.15) is 30.1 Å². The van der Waals surface area contributed by atoms with Gasteiger partial charge in [0.15, 0.2) is 0 Å². The number of halogens is 3. The van der Waals surface area contributed by atoms with Crippen molar-refractivity contribution in [2.24, 2.45) is 5.92 Å². The Morgan fingerprint density at radius 1 is 1.39 bits per heavy atom. The lowest BCUT2D eigenvalue weighted by atomic mass is 9.99. The molecule has 0 bridgehead atoms. The molecule has 1 aromatic carbocycles. The van der Waals surface area contributed by atoms with Crippen molar-refractivity contribution in [2.75, 3.05) is 13.1 Å². The van der Waals surface area contributed by atoms with E-state index in [-0.39, 0.29) is 10.0 Å². The van der Waals surface area contributed by atoms with Crippen molar-refractivity contribution in [3.8, 4) is 0 Å². The molecular weight excluding hydrogens is 304 g/mol. The second-order valence-electron chi connectivity index (χ2n) is 4.72. The fourth-order valence-electron chi connectivity index (χ4n) is 2.26. The predicted octanol–water partition coefficient (Wildman–Crippen LogP) is 3.60. The molecule has 1 aliphatic heterocycles. The zero-order chi connectivity index (χ0) is 13.3. The van der Waals surface area contributed by atoms with Gasteiger partial charge in [0, 0.05) is 13.1 Å².